The number of thioether (sulfide) groups is 1. The molecule has 1 atom stereocenters. The second-order valence-corrected chi connectivity index (χ2v) is 8.04. The minimum Gasteiger partial charge on any atom is -0.326 e. The Morgan fingerprint density at radius 1 is 1.22 bits per heavy atom. The summed E-state index contributed by atoms with van der Waals surface area (Å²) in [4.78, 5) is 29.0. The molecule has 1 aliphatic rings. The molecular formula is C20H20ClN3O2S. The molecule has 0 spiro atoms. The number of benzene rings is 2. The van der Waals surface area contributed by atoms with E-state index in [1.54, 1.807) is 18.2 Å². The second kappa shape index (κ2) is 8.15. The normalized spacial score (nSPS) is 17.9. The molecule has 5 nitrogen and oxygen atoms in total. The molecule has 2 amide bonds. The third-order valence-corrected chi connectivity index (χ3v) is 5.90. The van der Waals surface area contributed by atoms with Gasteiger partial charge in [0.25, 0.3) is 0 Å². The van der Waals surface area contributed by atoms with Gasteiger partial charge in [0.15, 0.2) is 5.17 Å². The average molecular weight is 402 g/mol. The molecule has 1 heterocycles. The van der Waals surface area contributed by atoms with Gasteiger partial charge in [0.2, 0.25) is 11.8 Å². The van der Waals surface area contributed by atoms with Crippen molar-refractivity contribution in [1.82, 2.24) is 5.32 Å². The first kappa shape index (κ1) is 19.5. The highest BCUT2D eigenvalue weighted by atomic mass is 35.5. The van der Waals surface area contributed by atoms with Crippen LogP contribution < -0.4 is 10.6 Å². The molecule has 1 fully saturated rings. The van der Waals surface area contributed by atoms with Crippen molar-refractivity contribution in [2.75, 3.05) is 5.32 Å². The average Bonchev–Trinajstić information content (AvgIpc) is 2.94. The van der Waals surface area contributed by atoms with E-state index in [1.807, 2.05) is 39.0 Å². The number of nitrogens with one attached hydrogen (secondary N) is 2. The Kier molecular flexibility index (Phi) is 5.87. The topological polar surface area (TPSA) is 70.6 Å². The van der Waals surface area contributed by atoms with Crippen molar-refractivity contribution in [3.63, 3.8) is 0 Å². The van der Waals surface area contributed by atoms with Gasteiger partial charge < -0.3 is 10.6 Å². The number of aliphatic imine (C=N–C) groups is 1. The molecule has 2 N–H and O–H groups in total. The van der Waals surface area contributed by atoms with Gasteiger partial charge in [-0.15, -0.1) is 0 Å². The van der Waals surface area contributed by atoms with Gasteiger partial charge >= 0.3 is 0 Å². The van der Waals surface area contributed by atoms with E-state index in [2.05, 4.69) is 15.6 Å². The quantitative estimate of drug-likeness (QED) is 0.791. The van der Waals surface area contributed by atoms with Gasteiger partial charge in [-0.05, 0) is 61.7 Å². The van der Waals surface area contributed by atoms with Gasteiger partial charge in [0.05, 0.1) is 5.69 Å². The Balaban J connectivity index is 1.65. The van der Waals surface area contributed by atoms with E-state index in [9.17, 15) is 9.59 Å². The fourth-order valence-corrected chi connectivity index (χ4v) is 3.78. The number of anilines is 1. The Bertz CT molecular complexity index is 943. The number of carbonyl (C=O) groups excluding carboxylic acids is 2. The van der Waals surface area contributed by atoms with E-state index in [4.69, 9.17) is 11.6 Å². The van der Waals surface area contributed by atoms with Crippen molar-refractivity contribution in [2.45, 2.75) is 32.4 Å². The fourth-order valence-electron chi connectivity index (χ4n) is 2.62. The van der Waals surface area contributed by atoms with Crippen LogP contribution in [0.4, 0.5) is 11.4 Å². The lowest BCUT2D eigenvalue weighted by atomic mass is 10.1. The standard InChI is InChI=1S/C20H20ClN3O2S/c1-11-7-8-14(9-12(11)2)22-20-24-19(26)17(27-20)10-18(25)23-16-6-4-5-15(21)13(16)3/h4-9,17H,10H2,1-3H3,(H,23,25)(H,22,24,26)/t17-/m0/s1. The fraction of sp³-hybridized carbons (Fsp3) is 0.250. The van der Waals surface area contributed by atoms with E-state index in [0.717, 1.165) is 16.8 Å². The first-order valence-corrected chi connectivity index (χ1v) is 9.77. The van der Waals surface area contributed by atoms with Gasteiger partial charge in [-0.2, -0.15) is 0 Å². The van der Waals surface area contributed by atoms with Crippen molar-refractivity contribution in [3.8, 4) is 0 Å². The lowest BCUT2D eigenvalue weighted by molar-refractivity contribution is -0.122. The Labute approximate surface area is 167 Å². The van der Waals surface area contributed by atoms with E-state index in [0.29, 0.717) is 15.9 Å². The molecule has 0 aromatic heterocycles. The smallest absolute Gasteiger partial charge is 0.240 e. The maximum absolute atomic E-state index is 12.3. The molecule has 140 valence electrons. The first-order valence-electron chi connectivity index (χ1n) is 8.52. The summed E-state index contributed by atoms with van der Waals surface area (Å²) in [5.74, 6) is -0.444. The van der Waals surface area contributed by atoms with E-state index < -0.39 is 5.25 Å². The van der Waals surface area contributed by atoms with Crippen molar-refractivity contribution < 1.29 is 9.59 Å². The van der Waals surface area contributed by atoms with Crippen molar-refractivity contribution in [3.05, 3.63) is 58.1 Å². The molecule has 2 aromatic rings. The summed E-state index contributed by atoms with van der Waals surface area (Å²) in [6, 6.07) is 11.2. The lowest BCUT2D eigenvalue weighted by Crippen LogP contribution is -2.28. The molecule has 27 heavy (non-hydrogen) atoms. The first-order chi connectivity index (χ1) is 12.8. The second-order valence-electron chi connectivity index (χ2n) is 6.45. The van der Waals surface area contributed by atoms with Crippen LogP contribution in [0.15, 0.2) is 41.4 Å². The maximum atomic E-state index is 12.3. The summed E-state index contributed by atoms with van der Waals surface area (Å²) in [7, 11) is 0. The highest BCUT2D eigenvalue weighted by molar-refractivity contribution is 8.15. The van der Waals surface area contributed by atoms with Crippen molar-refractivity contribution in [1.29, 1.82) is 0 Å². The molecule has 2 aromatic carbocycles. The van der Waals surface area contributed by atoms with Gasteiger partial charge in [-0.25, -0.2) is 4.99 Å². The third kappa shape index (κ3) is 4.70. The summed E-state index contributed by atoms with van der Waals surface area (Å²) < 4.78 is 0. The number of aryl methyl sites for hydroxylation is 2. The van der Waals surface area contributed by atoms with E-state index >= 15 is 0 Å². The van der Waals surface area contributed by atoms with Crippen molar-refractivity contribution in [2.24, 2.45) is 4.99 Å². The van der Waals surface area contributed by atoms with Gasteiger partial charge in [0, 0.05) is 17.1 Å². The van der Waals surface area contributed by atoms with Crippen LogP contribution in [0.2, 0.25) is 5.02 Å². The maximum Gasteiger partial charge on any atom is 0.240 e. The number of amidine groups is 1. The highest BCUT2D eigenvalue weighted by Crippen LogP contribution is 2.27. The molecule has 0 bridgehead atoms. The predicted molar refractivity (Wildman–Crippen MR) is 112 cm³/mol. The lowest BCUT2D eigenvalue weighted by Gasteiger charge is -2.10. The van der Waals surface area contributed by atoms with Crippen LogP contribution >= 0.6 is 23.4 Å². The van der Waals surface area contributed by atoms with E-state index in [1.165, 1.54) is 17.3 Å². The van der Waals surface area contributed by atoms with Crippen LogP contribution in [0.3, 0.4) is 0 Å². The largest absolute Gasteiger partial charge is 0.326 e. The number of amides is 2. The molecule has 0 radical (unpaired) electrons. The molecule has 0 aliphatic carbocycles. The van der Waals surface area contributed by atoms with Crippen LogP contribution in [0.1, 0.15) is 23.1 Å². The number of hydrogen-bond acceptors (Lipinski definition) is 4. The van der Waals surface area contributed by atoms with Crippen LogP contribution in [0.25, 0.3) is 0 Å². The van der Waals surface area contributed by atoms with Gasteiger partial charge in [0.1, 0.15) is 5.25 Å². The number of nitrogens with zero attached hydrogens (tertiary/aromatic N) is 1. The zero-order valence-corrected chi connectivity index (χ0v) is 16.9. The van der Waals surface area contributed by atoms with Gasteiger partial charge in [-0.3, -0.25) is 9.59 Å². The highest BCUT2D eigenvalue weighted by Gasteiger charge is 2.32. The SMILES string of the molecule is Cc1ccc(N=C2NC(=O)[C@H](CC(=O)Nc3cccc(Cl)c3C)S2)cc1C. The summed E-state index contributed by atoms with van der Waals surface area (Å²) >= 11 is 7.34. The van der Waals surface area contributed by atoms with Gasteiger partial charge in [-0.1, -0.05) is 35.5 Å². The summed E-state index contributed by atoms with van der Waals surface area (Å²) in [5.41, 5.74) is 4.56. The summed E-state index contributed by atoms with van der Waals surface area (Å²) in [5, 5.41) is 6.16. The number of halogens is 1. The van der Waals surface area contributed by atoms with Crippen molar-refractivity contribution >= 4 is 51.7 Å². The number of hydrogen-bond donors (Lipinski definition) is 2. The molecule has 1 saturated heterocycles. The van der Waals surface area contributed by atoms with Crippen LogP contribution in [-0.2, 0) is 9.59 Å². The minimum atomic E-state index is -0.505. The Morgan fingerprint density at radius 2 is 2.00 bits per heavy atom. The number of carbonyl (C=O) groups is 2. The monoisotopic (exact) mass is 401 g/mol. The van der Waals surface area contributed by atoms with E-state index in [-0.39, 0.29) is 18.2 Å². The molecule has 3 rings (SSSR count). The van der Waals surface area contributed by atoms with Crippen LogP contribution in [0.5, 0.6) is 0 Å². The number of rotatable bonds is 4. The predicted octanol–water partition coefficient (Wildman–Crippen LogP) is 4.51. The third-order valence-electron chi connectivity index (χ3n) is 4.41. The molecule has 0 saturated carbocycles. The summed E-state index contributed by atoms with van der Waals surface area (Å²) in [6.07, 6.45) is 0.0639. The zero-order chi connectivity index (χ0) is 19.6. The summed E-state index contributed by atoms with van der Waals surface area (Å²) in [6.45, 7) is 5.89. The van der Waals surface area contributed by atoms with Crippen LogP contribution in [-0.4, -0.2) is 22.2 Å². The molecular weight excluding hydrogens is 382 g/mol. The zero-order valence-electron chi connectivity index (χ0n) is 15.3. The molecule has 0 unspecified atom stereocenters. The molecule has 1 aliphatic heterocycles. The Morgan fingerprint density at radius 3 is 2.74 bits per heavy atom. The molecule has 7 heteroatoms. The Hall–Kier alpha value is -2.31. The van der Waals surface area contributed by atoms with Crippen LogP contribution in [0, 0.1) is 20.8 Å². The minimum absolute atomic E-state index is 0.0639.